The number of anilines is 1. The van der Waals surface area contributed by atoms with E-state index in [0.29, 0.717) is 38.3 Å². The summed E-state index contributed by atoms with van der Waals surface area (Å²) in [4.78, 5) is 36.8. The molecule has 0 radical (unpaired) electrons. The number of aryl methyl sites for hydroxylation is 3. The van der Waals surface area contributed by atoms with Crippen LogP contribution in [-0.2, 0) is 25.3 Å². The van der Waals surface area contributed by atoms with Crippen molar-refractivity contribution in [1.29, 1.82) is 0 Å². The van der Waals surface area contributed by atoms with Crippen LogP contribution in [0.25, 0.3) is 11.0 Å². The molecule has 0 saturated carbocycles. The van der Waals surface area contributed by atoms with Crippen molar-refractivity contribution in [2.24, 2.45) is 14.1 Å². The molecule has 1 N–H and O–H groups in total. The van der Waals surface area contributed by atoms with E-state index in [0.717, 1.165) is 16.6 Å². The maximum Gasteiger partial charge on any atom is 0.328 e. The Balaban J connectivity index is 1.35. The lowest BCUT2D eigenvalue weighted by Crippen LogP contribution is -2.46. The fourth-order valence-electron chi connectivity index (χ4n) is 4.29. The molecule has 0 aliphatic carbocycles. The van der Waals surface area contributed by atoms with Crippen molar-refractivity contribution < 1.29 is 9.90 Å². The third-order valence-corrected chi connectivity index (χ3v) is 6.09. The van der Waals surface area contributed by atoms with Crippen LogP contribution in [0.5, 0.6) is 0 Å². The summed E-state index contributed by atoms with van der Waals surface area (Å²) in [5.41, 5.74) is 1.68. The molecule has 0 spiro atoms. The highest BCUT2D eigenvalue weighted by Crippen LogP contribution is 2.25. The lowest BCUT2D eigenvalue weighted by Gasteiger charge is -2.29. The summed E-state index contributed by atoms with van der Waals surface area (Å²) >= 11 is 0. The molecular weight excluding hydrogens is 396 g/mol. The second kappa shape index (κ2) is 8.14. The molecule has 1 aromatic carbocycles. The third kappa shape index (κ3) is 4.18. The Morgan fingerprint density at radius 2 is 1.90 bits per heavy atom. The van der Waals surface area contributed by atoms with E-state index in [1.54, 1.807) is 53.6 Å². The number of β-amino-alcohol motifs (C(OH)–C–C–N with tert-alkyl or cyclic N) is 1. The van der Waals surface area contributed by atoms with E-state index >= 15 is 0 Å². The lowest BCUT2D eigenvalue weighted by molar-refractivity contribution is -0.132. The number of likely N-dealkylation sites (N-methyl/N-ethyl adjacent to an activating group) is 1. The molecule has 1 fully saturated rings. The Bertz CT molecular complexity index is 1160. The highest BCUT2D eigenvalue weighted by molar-refractivity contribution is 5.78. The largest absolute Gasteiger partial charge is 0.386 e. The van der Waals surface area contributed by atoms with E-state index in [2.05, 4.69) is 9.97 Å². The van der Waals surface area contributed by atoms with Gasteiger partial charge in [-0.05, 0) is 36.6 Å². The maximum absolute atomic E-state index is 12.7. The molecule has 1 amide bonds. The minimum Gasteiger partial charge on any atom is -0.386 e. The van der Waals surface area contributed by atoms with Gasteiger partial charge in [0.2, 0.25) is 11.9 Å². The van der Waals surface area contributed by atoms with Gasteiger partial charge in [0.25, 0.3) is 0 Å². The standard InChI is InChI=1S/C22H28N6O3/c1-25(14-22(31)9-12-28(15-22)20-23-10-4-11-24-20)19(29)8-6-16-5-7-17-18(13-16)27(3)21(30)26(17)2/h4-5,7,10-11,13,31H,6,8-9,12,14-15H2,1-3H3. The predicted molar refractivity (Wildman–Crippen MR) is 118 cm³/mol. The molecule has 9 nitrogen and oxygen atoms in total. The van der Waals surface area contributed by atoms with E-state index in [-0.39, 0.29) is 18.1 Å². The molecule has 1 saturated heterocycles. The molecule has 3 aromatic rings. The van der Waals surface area contributed by atoms with Gasteiger partial charge >= 0.3 is 5.69 Å². The normalized spacial score (nSPS) is 18.6. The topological polar surface area (TPSA) is 96.5 Å². The number of imidazole rings is 1. The average Bonchev–Trinajstić information content (AvgIpc) is 3.26. The Labute approximate surface area is 180 Å². The number of benzene rings is 1. The van der Waals surface area contributed by atoms with Crippen LogP contribution < -0.4 is 10.6 Å². The van der Waals surface area contributed by atoms with E-state index in [1.807, 2.05) is 23.1 Å². The molecule has 3 heterocycles. The van der Waals surface area contributed by atoms with E-state index < -0.39 is 5.60 Å². The number of hydrogen-bond acceptors (Lipinski definition) is 6. The number of nitrogens with zero attached hydrogens (tertiary/aromatic N) is 6. The summed E-state index contributed by atoms with van der Waals surface area (Å²) in [5, 5.41) is 11.0. The van der Waals surface area contributed by atoms with Crippen molar-refractivity contribution in [2.75, 3.05) is 31.6 Å². The second-order valence-corrected chi connectivity index (χ2v) is 8.42. The average molecular weight is 425 g/mol. The summed E-state index contributed by atoms with van der Waals surface area (Å²) in [5.74, 6) is 0.572. The van der Waals surface area contributed by atoms with Gasteiger partial charge in [-0.1, -0.05) is 6.07 Å². The van der Waals surface area contributed by atoms with Gasteiger partial charge in [-0.3, -0.25) is 13.9 Å². The zero-order valence-corrected chi connectivity index (χ0v) is 18.2. The lowest BCUT2D eigenvalue weighted by atomic mass is 10.0. The highest BCUT2D eigenvalue weighted by Gasteiger charge is 2.38. The molecule has 2 aromatic heterocycles. The first kappa shape index (κ1) is 21.0. The van der Waals surface area contributed by atoms with Gasteiger partial charge in [0, 0.05) is 46.5 Å². The SMILES string of the molecule is CN(CC1(O)CCN(c2ncccn2)C1)C(=O)CCc1ccc2c(c1)n(C)c(=O)n2C. The number of carbonyl (C=O) groups excluding carboxylic acids is 1. The van der Waals surface area contributed by atoms with E-state index in [9.17, 15) is 14.7 Å². The second-order valence-electron chi connectivity index (χ2n) is 8.42. The molecule has 1 aliphatic rings. The molecule has 9 heteroatoms. The molecule has 4 rings (SSSR count). The maximum atomic E-state index is 12.7. The number of hydrogen-bond donors (Lipinski definition) is 1. The first-order valence-corrected chi connectivity index (χ1v) is 10.4. The number of aromatic nitrogens is 4. The summed E-state index contributed by atoms with van der Waals surface area (Å²) in [6.45, 7) is 1.31. The van der Waals surface area contributed by atoms with Crippen LogP contribution in [0.1, 0.15) is 18.4 Å². The molecule has 0 bridgehead atoms. The number of carbonyl (C=O) groups is 1. The third-order valence-electron chi connectivity index (χ3n) is 6.09. The van der Waals surface area contributed by atoms with Crippen molar-refractivity contribution in [3.05, 3.63) is 52.7 Å². The monoisotopic (exact) mass is 424 g/mol. The van der Waals surface area contributed by atoms with Crippen molar-refractivity contribution >= 4 is 22.9 Å². The minimum atomic E-state index is -0.981. The Kier molecular flexibility index (Phi) is 5.53. The molecule has 164 valence electrons. The van der Waals surface area contributed by atoms with Crippen molar-refractivity contribution in [1.82, 2.24) is 24.0 Å². The number of amides is 1. The molecular formula is C22H28N6O3. The van der Waals surface area contributed by atoms with Gasteiger partial charge in [-0.2, -0.15) is 0 Å². The Hall–Kier alpha value is -3.20. The van der Waals surface area contributed by atoms with Crippen LogP contribution in [0.2, 0.25) is 0 Å². The van der Waals surface area contributed by atoms with Crippen LogP contribution >= 0.6 is 0 Å². The van der Waals surface area contributed by atoms with E-state index in [4.69, 9.17) is 0 Å². The molecule has 1 unspecified atom stereocenters. The molecule has 1 aliphatic heterocycles. The minimum absolute atomic E-state index is 0.0233. The van der Waals surface area contributed by atoms with Gasteiger partial charge < -0.3 is 14.9 Å². The zero-order valence-electron chi connectivity index (χ0n) is 18.2. The van der Waals surface area contributed by atoms with Crippen LogP contribution in [0.15, 0.2) is 41.5 Å². The molecule has 1 atom stereocenters. The van der Waals surface area contributed by atoms with Gasteiger partial charge in [-0.15, -0.1) is 0 Å². The smallest absolute Gasteiger partial charge is 0.328 e. The fraction of sp³-hybridized carbons (Fsp3) is 0.455. The number of aliphatic hydroxyl groups is 1. The highest BCUT2D eigenvalue weighted by atomic mass is 16.3. The first-order valence-electron chi connectivity index (χ1n) is 10.4. The van der Waals surface area contributed by atoms with Crippen LogP contribution in [0.4, 0.5) is 5.95 Å². The Morgan fingerprint density at radius 3 is 2.65 bits per heavy atom. The summed E-state index contributed by atoms with van der Waals surface area (Å²) < 4.78 is 3.23. The fourth-order valence-corrected chi connectivity index (χ4v) is 4.29. The molecule has 31 heavy (non-hydrogen) atoms. The van der Waals surface area contributed by atoms with Crippen molar-refractivity contribution in [3.8, 4) is 0 Å². The van der Waals surface area contributed by atoms with Crippen molar-refractivity contribution in [2.45, 2.75) is 24.9 Å². The number of fused-ring (bicyclic) bond motifs is 1. The Morgan fingerprint density at radius 1 is 1.19 bits per heavy atom. The summed E-state index contributed by atoms with van der Waals surface area (Å²) in [7, 11) is 5.23. The summed E-state index contributed by atoms with van der Waals surface area (Å²) in [6.07, 6.45) is 4.83. The van der Waals surface area contributed by atoms with Crippen LogP contribution in [0.3, 0.4) is 0 Å². The predicted octanol–water partition coefficient (Wildman–Crippen LogP) is 0.699. The van der Waals surface area contributed by atoms with Crippen LogP contribution in [0, 0.1) is 0 Å². The van der Waals surface area contributed by atoms with E-state index in [1.165, 1.54) is 0 Å². The zero-order chi connectivity index (χ0) is 22.2. The van der Waals surface area contributed by atoms with Crippen molar-refractivity contribution in [3.63, 3.8) is 0 Å². The van der Waals surface area contributed by atoms with Gasteiger partial charge in [-0.25, -0.2) is 14.8 Å². The van der Waals surface area contributed by atoms with Gasteiger partial charge in [0.05, 0.1) is 24.1 Å². The van der Waals surface area contributed by atoms with Gasteiger partial charge in [0.15, 0.2) is 0 Å². The first-order chi connectivity index (χ1) is 14.8. The summed E-state index contributed by atoms with van der Waals surface area (Å²) in [6, 6.07) is 7.60. The number of rotatable bonds is 6. The van der Waals surface area contributed by atoms with Gasteiger partial charge in [0.1, 0.15) is 5.60 Å². The van der Waals surface area contributed by atoms with Crippen LogP contribution in [-0.4, -0.2) is 67.3 Å². The quantitative estimate of drug-likeness (QED) is 0.626.